The summed E-state index contributed by atoms with van der Waals surface area (Å²) in [5.74, 6) is -0.0921. The van der Waals surface area contributed by atoms with Gasteiger partial charge < -0.3 is 24.8 Å². The zero-order valence-corrected chi connectivity index (χ0v) is 20.5. The fourth-order valence-electron chi connectivity index (χ4n) is 9.35. The maximum Gasteiger partial charge on any atom is 0.187 e. The largest absolute Gasteiger partial charge is 0.393 e. The van der Waals surface area contributed by atoms with E-state index >= 15 is 0 Å². The number of rotatable bonds is 0. The van der Waals surface area contributed by atoms with E-state index in [1.807, 2.05) is 6.92 Å². The molecule has 5 fully saturated rings. The van der Waals surface area contributed by atoms with E-state index in [-0.39, 0.29) is 36.1 Å². The van der Waals surface area contributed by atoms with Gasteiger partial charge in [0.15, 0.2) is 11.6 Å². The van der Waals surface area contributed by atoms with E-state index in [0.717, 1.165) is 37.9 Å². The molecule has 184 valence electrons. The minimum absolute atomic E-state index is 0.0688. The van der Waals surface area contributed by atoms with Gasteiger partial charge in [0.25, 0.3) is 0 Å². The second kappa shape index (κ2) is 6.70. The van der Waals surface area contributed by atoms with Crippen LogP contribution in [0, 0.1) is 34.5 Å². The van der Waals surface area contributed by atoms with Gasteiger partial charge in [-0.1, -0.05) is 27.7 Å². The first-order chi connectivity index (χ1) is 15.4. The van der Waals surface area contributed by atoms with Gasteiger partial charge >= 0.3 is 0 Å². The van der Waals surface area contributed by atoms with Crippen molar-refractivity contribution in [3.63, 3.8) is 0 Å². The molecular formula is C27H40O6. The van der Waals surface area contributed by atoms with Gasteiger partial charge in [0.2, 0.25) is 0 Å². The average molecular weight is 461 g/mol. The van der Waals surface area contributed by atoms with Crippen molar-refractivity contribution in [2.24, 2.45) is 34.5 Å². The van der Waals surface area contributed by atoms with Gasteiger partial charge in [0.05, 0.1) is 24.4 Å². The van der Waals surface area contributed by atoms with Crippen molar-refractivity contribution < 1.29 is 29.6 Å². The van der Waals surface area contributed by atoms with Crippen LogP contribution in [0.2, 0.25) is 0 Å². The Balaban J connectivity index is 1.39. The number of carbonyl (C=O) groups is 1. The number of fused-ring (bicyclic) bond motifs is 7. The van der Waals surface area contributed by atoms with Crippen LogP contribution >= 0.6 is 0 Å². The summed E-state index contributed by atoms with van der Waals surface area (Å²) in [6, 6.07) is 0. The van der Waals surface area contributed by atoms with Crippen molar-refractivity contribution in [2.75, 3.05) is 6.61 Å². The molecule has 1 spiro atoms. The lowest BCUT2D eigenvalue weighted by molar-refractivity contribution is -0.275. The van der Waals surface area contributed by atoms with Crippen LogP contribution in [-0.2, 0) is 14.3 Å². The summed E-state index contributed by atoms with van der Waals surface area (Å²) in [6.45, 7) is 9.36. The molecule has 3 N–H and O–H groups in total. The van der Waals surface area contributed by atoms with Gasteiger partial charge in [0.1, 0.15) is 5.60 Å². The third kappa shape index (κ3) is 2.55. The molecule has 3 saturated carbocycles. The summed E-state index contributed by atoms with van der Waals surface area (Å²) >= 11 is 0. The SMILES string of the molecule is C[C@@H]1CC[C@@]2(OC1)O[C@H]1C[C@@]3(O)C4=CC(=O)[C@@]5(O)C[C@@H](O)CC[C@]5(C)[C@H]4CC[C@]3(C)[C@H]1[C@@H]2C. The first-order valence-corrected chi connectivity index (χ1v) is 13.1. The molecule has 6 rings (SSSR count). The van der Waals surface area contributed by atoms with E-state index in [4.69, 9.17) is 9.47 Å². The van der Waals surface area contributed by atoms with Crippen LogP contribution in [0.4, 0.5) is 0 Å². The maximum absolute atomic E-state index is 13.4. The Morgan fingerprint density at radius 1 is 0.970 bits per heavy atom. The smallest absolute Gasteiger partial charge is 0.187 e. The molecule has 0 aromatic heterocycles. The molecule has 0 amide bonds. The van der Waals surface area contributed by atoms with Gasteiger partial charge in [-0.25, -0.2) is 0 Å². The number of aliphatic hydroxyl groups is 3. The summed E-state index contributed by atoms with van der Waals surface area (Å²) in [5, 5.41) is 34.2. The normalized spacial score (nSPS) is 60.1. The number of hydrogen-bond acceptors (Lipinski definition) is 6. The highest BCUT2D eigenvalue weighted by atomic mass is 16.7. The van der Waals surface area contributed by atoms with Crippen LogP contribution in [0.25, 0.3) is 0 Å². The van der Waals surface area contributed by atoms with Crippen molar-refractivity contribution in [3.8, 4) is 0 Å². The predicted octanol–water partition coefficient (Wildman–Crippen LogP) is 3.12. The van der Waals surface area contributed by atoms with Crippen LogP contribution in [-0.4, -0.2) is 56.9 Å². The molecule has 6 heteroatoms. The zero-order valence-electron chi connectivity index (χ0n) is 20.5. The minimum Gasteiger partial charge on any atom is -0.393 e. The topological polar surface area (TPSA) is 96.2 Å². The molecule has 11 atom stereocenters. The van der Waals surface area contributed by atoms with Gasteiger partial charge in [-0.2, -0.15) is 0 Å². The summed E-state index contributed by atoms with van der Waals surface area (Å²) in [4.78, 5) is 13.4. The fourth-order valence-corrected chi connectivity index (χ4v) is 9.35. The number of hydrogen-bond donors (Lipinski definition) is 3. The summed E-state index contributed by atoms with van der Waals surface area (Å²) < 4.78 is 13.0. The molecule has 6 aliphatic rings. The standard InChI is InChI=1S/C27H40O6/c1-15-5-10-27(32-14-15)16(2)22-20(33-27)13-25(30)19-11-21(29)26(31)12-17(28)6-8-23(26,3)18(19)7-9-24(22,25)4/h11,15-18,20,22,28,30-31H,5-10,12-14H2,1-4H3/t15-,16+,17+,18+,20+,22+,23-,24-,25-,26+,27-/m1/s1. The van der Waals surface area contributed by atoms with Gasteiger partial charge in [-0.3, -0.25) is 4.79 Å². The second-order valence-electron chi connectivity index (χ2n) is 12.9. The number of carbonyl (C=O) groups excluding carboxylic acids is 1. The van der Waals surface area contributed by atoms with E-state index in [9.17, 15) is 20.1 Å². The maximum atomic E-state index is 13.4. The summed E-state index contributed by atoms with van der Waals surface area (Å²) in [6.07, 6.45) is 6.17. The quantitative estimate of drug-likeness (QED) is 0.514. The molecular weight excluding hydrogens is 420 g/mol. The molecule has 4 aliphatic carbocycles. The molecule has 33 heavy (non-hydrogen) atoms. The van der Waals surface area contributed by atoms with E-state index < -0.39 is 33.9 Å². The van der Waals surface area contributed by atoms with Crippen molar-refractivity contribution in [1.82, 2.24) is 0 Å². The third-order valence-electron chi connectivity index (χ3n) is 11.5. The Bertz CT molecular complexity index is 906. The molecule has 0 aromatic rings. The van der Waals surface area contributed by atoms with Crippen LogP contribution in [0.3, 0.4) is 0 Å². The van der Waals surface area contributed by atoms with Crippen molar-refractivity contribution in [2.45, 2.75) is 108 Å². The van der Waals surface area contributed by atoms with E-state index in [0.29, 0.717) is 25.2 Å². The third-order valence-corrected chi connectivity index (χ3v) is 11.5. The predicted molar refractivity (Wildman–Crippen MR) is 121 cm³/mol. The monoisotopic (exact) mass is 460 g/mol. The molecule has 2 aliphatic heterocycles. The molecule has 6 nitrogen and oxygen atoms in total. The van der Waals surface area contributed by atoms with Gasteiger partial charge in [-0.15, -0.1) is 0 Å². The fraction of sp³-hybridized carbons (Fsp3) is 0.889. The van der Waals surface area contributed by atoms with E-state index in [1.165, 1.54) is 0 Å². The number of aliphatic hydroxyl groups excluding tert-OH is 1. The van der Waals surface area contributed by atoms with Crippen molar-refractivity contribution in [3.05, 3.63) is 11.6 Å². The van der Waals surface area contributed by atoms with Crippen LogP contribution < -0.4 is 0 Å². The lowest BCUT2D eigenvalue weighted by Crippen LogP contribution is -2.66. The highest BCUT2D eigenvalue weighted by molar-refractivity contribution is 6.00. The Morgan fingerprint density at radius 3 is 2.39 bits per heavy atom. The van der Waals surface area contributed by atoms with Crippen LogP contribution in [0.5, 0.6) is 0 Å². The Labute approximate surface area is 196 Å². The van der Waals surface area contributed by atoms with E-state index in [2.05, 4.69) is 20.8 Å². The lowest BCUT2D eigenvalue weighted by atomic mass is 9.44. The molecule has 0 bridgehead atoms. The van der Waals surface area contributed by atoms with Gasteiger partial charge in [0, 0.05) is 41.9 Å². The van der Waals surface area contributed by atoms with Crippen LogP contribution in [0.1, 0.15) is 79.1 Å². The second-order valence-corrected chi connectivity index (χ2v) is 12.9. The molecule has 2 saturated heterocycles. The highest BCUT2D eigenvalue weighted by Gasteiger charge is 2.75. The molecule has 0 aromatic carbocycles. The van der Waals surface area contributed by atoms with Crippen molar-refractivity contribution >= 4 is 5.78 Å². The average Bonchev–Trinajstić information content (AvgIpc) is 3.14. The Morgan fingerprint density at radius 2 is 1.70 bits per heavy atom. The summed E-state index contributed by atoms with van der Waals surface area (Å²) in [7, 11) is 0. The lowest BCUT2D eigenvalue weighted by Gasteiger charge is -2.62. The molecule has 2 heterocycles. The summed E-state index contributed by atoms with van der Waals surface area (Å²) in [5.41, 5.74) is -2.95. The minimum atomic E-state index is -1.56. The first kappa shape index (κ1) is 22.7. The van der Waals surface area contributed by atoms with Crippen molar-refractivity contribution in [1.29, 1.82) is 0 Å². The van der Waals surface area contributed by atoms with Gasteiger partial charge in [-0.05, 0) is 55.6 Å². The zero-order chi connectivity index (χ0) is 23.6. The number of ether oxygens (including phenoxy) is 2. The number of ketones is 1. The molecule has 0 radical (unpaired) electrons. The van der Waals surface area contributed by atoms with E-state index in [1.54, 1.807) is 6.08 Å². The highest BCUT2D eigenvalue weighted by Crippen LogP contribution is 2.71. The molecule has 0 unspecified atom stereocenters. The Hall–Kier alpha value is -0.790. The first-order valence-electron chi connectivity index (χ1n) is 13.1. The Kier molecular flexibility index (Phi) is 4.60. The van der Waals surface area contributed by atoms with Crippen LogP contribution in [0.15, 0.2) is 11.6 Å².